The first-order chi connectivity index (χ1) is 5.74. The Morgan fingerprint density at radius 3 is 2.75 bits per heavy atom. The quantitative estimate of drug-likeness (QED) is 0.654. The fourth-order valence-corrected chi connectivity index (χ4v) is 1.42. The number of halogens is 1. The van der Waals surface area contributed by atoms with Gasteiger partial charge in [0.2, 0.25) is 0 Å². The molecule has 0 aromatic heterocycles. The van der Waals surface area contributed by atoms with E-state index in [-0.39, 0.29) is 0 Å². The zero-order valence-electron chi connectivity index (χ0n) is 6.86. The van der Waals surface area contributed by atoms with Crippen molar-refractivity contribution in [2.75, 3.05) is 19.6 Å². The molecule has 0 aliphatic carbocycles. The molecule has 1 saturated heterocycles. The van der Waals surface area contributed by atoms with Gasteiger partial charge in [0.25, 0.3) is 0 Å². The third-order valence-corrected chi connectivity index (χ3v) is 2.26. The highest BCUT2D eigenvalue weighted by Crippen LogP contribution is 2.10. The maximum absolute atomic E-state index is 9.30. The molecular weight excluding hydrogens is 178 g/mol. The number of piperidine rings is 1. The summed E-state index contributed by atoms with van der Waals surface area (Å²) >= 11 is 5.37. The Morgan fingerprint density at radius 1 is 1.42 bits per heavy atom. The van der Waals surface area contributed by atoms with Crippen LogP contribution in [0.3, 0.4) is 0 Å². The molecule has 1 rings (SSSR count). The SMILES string of the molecule is O[C@@H]1CCN(C/C=C/Cl)C[C@@H]1O. The number of aliphatic hydroxyl groups is 2. The topological polar surface area (TPSA) is 43.7 Å². The van der Waals surface area contributed by atoms with E-state index in [2.05, 4.69) is 4.90 Å². The van der Waals surface area contributed by atoms with E-state index >= 15 is 0 Å². The molecule has 0 saturated carbocycles. The molecule has 3 nitrogen and oxygen atoms in total. The van der Waals surface area contributed by atoms with Gasteiger partial charge < -0.3 is 10.2 Å². The van der Waals surface area contributed by atoms with E-state index in [0.717, 1.165) is 13.1 Å². The minimum absolute atomic E-state index is 0.530. The van der Waals surface area contributed by atoms with Crippen molar-refractivity contribution in [1.82, 2.24) is 4.90 Å². The van der Waals surface area contributed by atoms with Crippen molar-refractivity contribution in [3.8, 4) is 0 Å². The van der Waals surface area contributed by atoms with Crippen LogP contribution >= 0.6 is 11.6 Å². The molecule has 0 aromatic carbocycles. The molecule has 70 valence electrons. The van der Waals surface area contributed by atoms with Crippen LogP contribution in [-0.4, -0.2) is 47.0 Å². The van der Waals surface area contributed by atoms with Crippen LogP contribution in [0, 0.1) is 0 Å². The van der Waals surface area contributed by atoms with E-state index in [0.29, 0.717) is 13.0 Å². The largest absolute Gasteiger partial charge is 0.390 e. The third kappa shape index (κ3) is 2.75. The number of β-amino-alcohol motifs (C(OH)–C–C–N with tert-alkyl or cyclic N) is 1. The summed E-state index contributed by atoms with van der Waals surface area (Å²) in [4.78, 5) is 2.05. The molecule has 1 heterocycles. The van der Waals surface area contributed by atoms with Crippen molar-refractivity contribution in [1.29, 1.82) is 0 Å². The summed E-state index contributed by atoms with van der Waals surface area (Å²) in [7, 11) is 0. The standard InChI is InChI=1S/C8H14ClNO2/c9-3-1-4-10-5-2-7(11)8(12)6-10/h1,3,7-8,11-12H,2,4-6H2/b3-1+/t7-,8+/m1/s1. The number of rotatable bonds is 2. The van der Waals surface area contributed by atoms with Crippen LogP contribution in [0.15, 0.2) is 11.6 Å². The van der Waals surface area contributed by atoms with Crippen molar-refractivity contribution >= 4 is 11.6 Å². The van der Waals surface area contributed by atoms with Crippen LogP contribution in [-0.2, 0) is 0 Å². The van der Waals surface area contributed by atoms with Crippen LogP contribution in [0.2, 0.25) is 0 Å². The Balaban J connectivity index is 2.30. The summed E-state index contributed by atoms with van der Waals surface area (Å²) in [5.41, 5.74) is 1.47. The summed E-state index contributed by atoms with van der Waals surface area (Å²) in [5, 5.41) is 18.5. The first kappa shape index (κ1) is 9.99. The number of hydrogen-bond donors (Lipinski definition) is 2. The van der Waals surface area contributed by atoms with Crippen LogP contribution < -0.4 is 0 Å². The fraction of sp³-hybridized carbons (Fsp3) is 0.750. The second-order valence-electron chi connectivity index (χ2n) is 3.04. The Kier molecular flexibility index (Phi) is 4.01. The summed E-state index contributed by atoms with van der Waals surface area (Å²) in [5.74, 6) is 0. The highest BCUT2D eigenvalue weighted by Gasteiger charge is 2.24. The molecule has 0 aromatic rings. The lowest BCUT2D eigenvalue weighted by atomic mass is 10.1. The van der Waals surface area contributed by atoms with Gasteiger partial charge in [0.1, 0.15) is 0 Å². The van der Waals surface area contributed by atoms with Gasteiger partial charge >= 0.3 is 0 Å². The van der Waals surface area contributed by atoms with E-state index in [1.165, 1.54) is 5.54 Å². The van der Waals surface area contributed by atoms with Gasteiger partial charge in [-0.05, 0) is 6.42 Å². The van der Waals surface area contributed by atoms with Gasteiger partial charge in [-0.3, -0.25) is 4.90 Å². The molecule has 1 fully saturated rings. The average Bonchev–Trinajstić information content (AvgIpc) is 2.07. The van der Waals surface area contributed by atoms with Gasteiger partial charge in [0.15, 0.2) is 0 Å². The van der Waals surface area contributed by atoms with Gasteiger partial charge in [0, 0.05) is 25.2 Å². The first-order valence-corrected chi connectivity index (χ1v) is 4.51. The zero-order valence-corrected chi connectivity index (χ0v) is 7.61. The molecule has 12 heavy (non-hydrogen) atoms. The highest BCUT2D eigenvalue weighted by molar-refractivity contribution is 6.25. The lowest BCUT2D eigenvalue weighted by molar-refractivity contribution is -0.0354. The van der Waals surface area contributed by atoms with Gasteiger partial charge in [-0.15, -0.1) is 0 Å². The van der Waals surface area contributed by atoms with Crippen molar-refractivity contribution in [2.24, 2.45) is 0 Å². The van der Waals surface area contributed by atoms with Crippen molar-refractivity contribution in [2.45, 2.75) is 18.6 Å². The maximum Gasteiger partial charge on any atom is 0.0926 e. The lowest BCUT2D eigenvalue weighted by Crippen LogP contribution is -2.46. The van der Waals surface area contributed by atoms with E-state index in [1.807, 2.05) is 6.08 Å². The van der Waals surface area contributed by atoms with Crippen molar-refractivity contribution in [3.63, 3.8) is 0 Å². The van der Waals surface area contributed by atoms with Gasteiger partial charge in [-0.2, -0.15) is 0 Å². The van der Waals surface area contributed by atoms with Crippen molar-refractivity contribution < 1.29 is 10.2 Å². The predicted octanol–water partition coefficient (Wildman–Crippen LogP) is 0.166. The Morgan fingerprint density at radius 2 is 2.17 bits per heavy atom. The first-order valence-electron chi connectivity index (χ1n) is 4.07. The van der Waals surface area contributed by atoms with Crippen LogP contribution in [0.4, 0.5) is 0 Å². The van der Waals surface area contributed by atoms with E-state index < -0.39 is 12.2 Å². The van der Waals surface area contributed by atoms with E-state index in [9.17, 15) is 10.2 Å². The molecule has 1 aliphatic rings. The van der Waals surface area contributed by atoms with Gasteiger partial charge in [-0.25, -0.2) is 0 Å². The molecule has 1 aliphatic heterocycles. The minimum Gasteiger partial charge on any atom is -0.390 e. The number of hydrogen-bond acceptors (Lipinski definition) is 3. The van der Waals surface area contributed by atoms with Gasteiger partial charge in [-0.1, -0.05) is 17.7 Å². The Labute approximate surface area is 77.2 Å². The second-order valence-corrected chi connectivity index (χ2v) is 3.30. The van der Waals surface area contributed by atoms with Crippen LogP contribution in [0.1, 0.15) is 6.42 Å². The van der Waals surface area contributed by atoms with E-state index in [1.54, 1.807) is 0 Å². The summed E-state index contributed by atoms with van der Waals surface area (Å²) in [6, 6.07) is 0. The third-order valence-electron chi connectivity index (χ3n) is 2.08. The minimum atomic E-state index is -0.609. The lowest BCUT2D eigenvalue weighted by Gasteiger charge is -2.32. The Bertz CT molecular complexity index is 163. The molecule has 0 unspecified atom stereocenters. The van der Waals surface area contributed by atoms with Crippen LogP contribution in [0.5, 0.6) is 0 Å². The molecule has 0 radical (unpaired) electrons. The second kappa shape index (κ2) is 4.82. The van der Waals surface area contributed by atoms with E-state index in [4.69, 9.17) is 11.6 Å². The molecule has 2 N–H and O–H groups in total. The summed E-state index contributed by atoms with van der Waals surface area (Å²) in [6.07, 6.45) is 1.30. The molecule has 4 heteroatoms. The number of likely N-dealkylation sites (tertiary alicyclic amines) is 1. The number of nitrogens with zero attached hydrogens (tertiary/aromatic N) is 1. The molecule has 0 amide bonds. The Hall–Kier alpha value is -0.0900. The maximum atomic E-state index is 9.30. The molecular formula is C8H14ClNO2. The average molecular weight is 192 g/mol. The predicted molar refractivity (Wildman–Crippen MR) is 48.1 cm³/mol. The molecule has 0 spiro atoms. The smallest absolute Gasteiger partial charge is 0.0926 e. The summed E-state index contributed by atoms with van der Waals surface area (Å²) < 4.78 is 0. The molecule has 0 bridgehead atoms. The van der Waals surface area contributed by atoms with Gasteiger partial charge in [0.05, 0.1) is 12.2 Å². The summed E-state index contributed by atoms with van der Waals surface area (Å²) in [6.45, 7) is 2.09. The monoisotopic (exact) mass is 191 g/mol. The van der Waals surface area contributed by atoms with Crippen LogP contribution in [0.25, 0.3) is 0 Å². The number of aliphatic hydroxyl groups excluding tert-OH is 2. The fourth-order valence-electron chi connectivity index (χ4n) is 1.34. The zero-order chi connectivity index (χ0) is 8.97. The molecule has 2 atom stereocenters. The highest BCUT2D eigenvalue weighted by atomic mass is 35.5. The normalized spacial score (nSPS) is 32.9. The van der Waals surface area contributed by atoms with Crippen molar-refractivity contribution in [3.05, 3.63) is 11.6 Å².